The quantitative estimate of drug-likeness (QED) is 0.860. The highest BCUT2D eigenvalue weighted by atomic mass is 32.2. The van der Waals surface area contributed by atoms with Crippen LogP contribution in [0.5, 0.6) is 0 Å². The highest BCUT2D eigenvalue weighted by Gasteiger charge is 2.32. The minimum atomic E-state index is -3.76. The summed E-state index contributed by atoms with van der Waals surface area (Å²) < 4.78 is 64.1. The lowest BCUT2D eigenvalue weighted by molar-refractivity contribution is -0.118. The van der Waals surface area contributed by atoms with Gasteiger partial charge in [0.15, 0.2) is 11.6 Å². The number of hydrogen-bond acceptors (Lipinski definition) is 3. The van der Waals surface area contributed by atoms with Crippen LogP contribution < -0.4 is 4.72 Å². The van der Waals surface area contributed by atoms with Crippen molar-refractivity contribution in [3.8, 4) is 0 Å². The fourth-order valence-corrected chi connectivity index (χ4v) is 3.34. The summed E-state index contributed by atoms with van der Waals surface area (Å²) in [7, 11) is -3.76. The normalized spacial score (nSPS) is 15.8. The molecule has 1 N–H and O–H groups in total. The van der Waals surface area contributed by atoms with E-state index in [1.807, 2.05) is 4.72 Å². The third-order valence-corrected chi connectivity index (χ3v) is 5.05. The maximum Gasteiger partial charge on any atom is 0.237 e. The third-order valence-electron chi connectivity index (χ3n) is 3.19. The molecule has 20 heavy (non-hydrogen) atoms. The van der Waals surface area contributed by atoms with Gasteiger partial charge in [-0.05, 0) is 18.9 Å². The van der Waals surface area contributed by atoms with Gasteiger partial charge < -0.3 is 0 Å². The van der Waals surface area contributed by atoms with E-state index in [0.29, 0.717) is 25.0 Å². The molecule has 2 rings (SSSR count). The SMILES string of the molecule is O=C(Cc1cc(F)c(F)cc1F)NS(=O)(=O)C1CCC1. The largest absolute Gasteiger partial charge is 0.274 e. The molecule has 1 fully saturated rings. The van der Waals surface area contributed by atoms with Crippen molar-refractivity contribution in [1.82, 2.24) is 4.72 Å². The Morgan fingerprint density at radius 3 is 2.30 bits per heavy atom. The second-order valence-corrected chi connectivity index (χ2v) is 6.62. The molecule has 110 valence electrons. The van der Waals surface area contributed by atoms with Crippen LogP contribution in [0.3, 0.4) is 0 Å². The molecule has 0 aromatic heterocycles. The molecule has 0 radical (unpaired) electrons. The number of carbonyl (C=O) groups excluding carboxylic acids is 1. The molecule has 0 bridgehead atoms. The maximum absolute atomic E-state index is 13.3. The summed E-state index contributed by atoms with van der Waals surface area (Å²) in [5.74, 6) is -4.73. The zero-order valence-corrected chi connectivity index (χ0v) is 11.1. The Balaban J connectivity index is 2.07. The molecule has 0 saturated heterocycles. The summed E-state index contributed by atoms with van der Waals surface area (Å²) in [6.07, 6.45) is 1.05. The number of carbonyl (C=O) groups is 1. The fraction of sp³-hybridized carbons (Fsp3) is 0.417. The summed E-state index contributed by atoms with van der Waals surface area (Å²) in [5.41, 5.74) is -0.398. The molecule has 1 aromatic carbocycles. The first-order valence-electron chi connectivity index (χ1n) is 5.97. The molecular weight excluding hydrogens is 295 g/mol. The first-order chi connectivity index (χ1) is 9.29. The molecule has 1 aromatic rings. The number of nitrogens with one attached hydrogen (secondary N) is 1. The van der Waals surface area contributed by atoms with Gasteiger partial charge >= 0.3 is 0 Å². The third kappa shape index (κ3) is 3.12. The lowest BCUT2D eigenvalue weighted by Gasteiger charge is -2.25. The van der Waals surface area contributed by atoms with Gasteiger partial charge in [0.1, 0.15) is 5.82 Å². The topological polar surface area (TPSA) is 63.2 Å². The van der Waals surface area contributed by atoms with Crippen molar-refractivity contribution in [3.05, 3.63) is 35.1 Å². The molecule has 1 amide bonds. The van der Waals surface area contributed by atoms with Crippen LogP contribution in [0.1, 0.15) is 24.8 Å². The summed E-state index contributed by atoms with van der Waals surface area (Å²) in [4.78, 5) is 11.5. The molecule has 0 atom stereocenters. The molecular formula is C12H12F3NO3S. The van der Waals surface area contributed by atoms with Crippen LogP contribution in [-0.4, -0.2) is 19.6 Å². The van der Waals surface area contributed by atoms with Gasteiger partial charge in [-0.2, -0.15) is 0 Å². The molecule has 1 aliphatic rings. The van der Waals surface area contributed by atoms with Crippen molar-refractivity contribution in [2.24, 2.45) is 0 Å². The van der Waals surface area contributed by atoms with Crippen molar-refractivity contribution in [3.63, 3.8) is 0 Å². The van der Waals surface area contributed by atoms with Crippen LogP contribution >= 0.6 is 0 Å². The second-order valence-electron chi connectivity index (χ2n) is 4.66. The van der Waals surface area contributed by atoms with E-state index in [1.165, 1.54) is 0 Å². The van der Waals surface area contributed by atoms with E-state index in [9.17, 15) is 26.4 Å². The van der Waals surface area contributed by atoms with Crippen molar-refractivity contribution in [2.75, 3.05) is 0 Å². The van der Waals surface area contributed by atoms with Crippen LogP contribution in [0.4, 0.5) is 13.2 Å². The van der Waals surface area contributed by atoms with Gasteiger partial charge in [0.25, 0.3) is 0 Å². The van der Waals surface area contributed by atoms with E-state index in [1.54, 1.807) is 0 Å². The Morgan fingerprint density at radius 1 is 1.15 bits per heavy atom. The highest BCUT2D eigenvalue weighted by molar-refractivity contribution is 7.90. The van der Waals surface area contributed by atoms with Gasteiger partial charge in [-0.3, -0.25) is 9.52 Å². The fourth-order valence-electron chi connectivity index (χ4n) is 1.83. The van der Waals surface area contributed by atoms with E-state index in [4.69, 9.17) is 0 Å². The minimum Gasteiger partial charge on any atom is -0.274 e. The summed E-state index contributed by atoms with van der Waals surface area (Å²) in [5, 5.41) is -0.610. The van der Waals surface area contributed by atoms with E-state index in [-0.39, 0.29) is 0 Å². The van der Waals surface area contributed by atoms with Gasteiger partial charge in [-0.25, -0.2) is 21.6 Å². The van der Waals surface area contributed by atoms with E-state index >= 15 is 0 Å². The zero-order chi connectivity index (χ0) is 14.9. The first kappa shape index (κ1) is 14.8. The Bertz CT molecular complexity index is 642. The number of halogens is 3. The molecule has 1 saturated carbocycles. The predicted octanol–water partition coefficient (Wildman–Crippen LogP) is 1.64. The second kappa shape index (κ2) is 5.43. The van der Waals surface area contributed by atoms with Gasteiger partial charge in [-0.15, -0.1) is 0 Å². The molecule has 8 heteroatoms. The minimum absolute atomic E-state index is 0.318. The van der Waals surface area contributed by atoms with Crippen LogP contribution in [0, 0.1) is 17.5 Å². The average Bonchev–Trinajstić information content (AvgIpc) is 2.21. The zero-order valence-electron chi connectivity index (χ0n) is 10.3. The Kier molecular flexibility index (Phi) is 4.03. The number of benzene rings is 1. The molecule has 1 aliphatic carbocycles. The summed E-state index contributed by atoms with van der Waals surface area (Å²) in [6, 6.07) is 0.860. The van der Waals surface area contributed by atoms with Crippen LogP contribution in [-0.2, 0) is 21.2 Å². The van der Waals surface area contributed by atoms with E-state index in [0.717, 1.165) is 6.42 Å². The molecule has 0 heterocycles. The standard InChI is InChI=1S/C12H12F3NO3S/c13-9-6-11(15)10(14)4-7(9)5-12(17)16-20(18,19)8-2-1-3-8/h4,6,8H,1-3,5H2,(H,16,17). The Morgan fingerprint density at radius 2 is 1.75 bits per heavy atom. The number of hydrogen-bond donors (Lipinski definition) is 1. The summed E-state index contributed by atoms with van der Waals surface area (Å²) >= 11 is 0. The van der Waals surface area contributed by atoms with Crippen molar-refractivity contribution < 1.29 is 26.4 Å². The van der Waals surface area contributed by atoms with Crippen molar-refractivity contribution >= 4 is 15.9 Å². The smallest absolute Gasteiger partial charge is 0.237 e. The molecule has 0 aliphatic heterocycles. The Hall–Kier alpha value is -1.57. The predicted molar refractivity (Wildman–Crippen MR) is 64.7 cm³/mol. The van der Waals surface area contributed by atoms with E-state index < -0.39 is 50.6 Å². The van der Waals surface area contributed by atoms with Crippen molar-refractivity contribution in [2.45, 2.75) is 30.9 Å². The van der Waals surface area contributed by atoms with Gasteiger partial charge in [-0.1, -0.05) is 6.42 Å². The monoisotopic (exact) mass is 307 g/mol. The summed E-state index contributed by atoms with van der Waals surface area (Å²) in [6.45, 7) is 0. The average molecular weight is 307 g/mol. The lowest BCUT2D eigenvalue weighted by Crippen LogP contribution is -2.42. The van der Waals surface area contributed by atoms with Gasteiger partial charge in [0.05, 0.1) is 11.7 Å². The van der Waals surface area contributed by atoms with Crippen LogP contribution in [0.15, 0.2) is 12.1 Å². The number of amides is 1. The van der Waals surface area contributed by atoms with Gasteiger partial charge in [0, 0.05) is 11.6 Å². The maximum atomic E-state index is 13.3. The van der Waals surface area contributed by atoms with Crippen LogP contribution in [0.25, 0.3) is 0 Å². The molecule has 0 spiro atoms. The first-order valence-corrected chi connectivity index (χ1v) is 7.52. The van der Waals surface area contributed by atoms with Gasteiger partial charge in [0.2, 0.25) is 15.9 Å². The van der Waals surface area contributed by atoms with Crippen molar-refractivity contribution in [1.29, 1.82) is 0 Å². The highest BCUT2D eigenvalue weighted by Crippen LogP contribution is 2.25. The lowest BCUT2D eigenvalue weighted by atomic mass is 10.0. The Labute approximate surface area is 114 Å². The van der Waals surface area contributed by atoms with Crippen LogP contribution in [0.2, 0.25) is 0 Å². The van der Waals surface area contributed by atoms with E-state index in [2.05, 4.69) is 0 Å². The number of sulfonamides is 1. The molecule has 0 unspecified atom stereocenters. The number of rotatable bonds is 4. The molecule has 4 nitrogen and oxygen atoms in total.